The van der Waals surface area contributed by atoms with Crippen molar-refractivity contribution in [2.45, 2.75) is 44.2 Å². The average Bonchev–Trinajstić information content (AvgIpc) is 3.27. The molecule has 1 aliphatic carbocycles. The first-order valence-corrected chi connectivity index (χ1v) is 11.3. The second-order valence-electron chi connectivity index (χ2n) is 8.31. The first-order chi connectivity index (χ1) is 14.3. The normalized spacial score (nSPS) is 25.8. The predicted octanol–water partition coefficient (Wildman–Crippen LogP) is 2.45. The van der Waals surface area contributed by atoms with E-state index < -0.39 is 0 Å². The summed E-state index contributed by atoms with van der Waals surface area (Å²) >= 11 is 0. The minimum absolute atomic E-state index is 0.270. The molecule has 0 aromatic heterocycles. The molecule has 0 radical (unpaired) electrons. The lowest BCUT2D eigenvalue weighted by Gasteiger charge is -2.32. The Balaban J connectivity index is 1.17. The molecule has 29 heavy (non-hydrogen) atoms. The summed E-state index contributed by atoms with van der Waals surface area (Å²) < 4.78 is 11.7. The number of nitrogens with zero attached hydrogens (tertiary/aromatic N) is 3. The molecule has 0 amide bonds. The number of aryl methyl sites for hydroxylation is 1. The maximum atomic E-state index is 6.23. The summed E-state index contributed by atoms with van der Waals surface area (Å²) in [6, 6.07) is 9.38. The van der Waals surface area contributed by atoms with Crippen LogP contribution in [0.15, 0.2) is 29.3 Å². The smallest absolute Gasteiger partial charge is 0.193 e. The van der Waals surface area contributed by atoms with E-state index in [0.29, 0.717) is 6.04 Å². The van der Waals surface area contributed by atoms with Crippen LogP contribution in [0.1, 0.15) is 42.9 Å². The zero-order valence-corrected chi connectivity index (χ0v) is 17.8. The van der Waals surface area contributed by atoms with Crippen molar-refractivity contribution < 1.29 is 9.47 Å². The van der Waals surface area contributed by atoms with Crippen molar-refractivity contribution in [2.75, 3.05) is 59.6 Å². The first kappa shape index (κ1) is 20.6. The van der Waals surface area contributed by atoms with Crippen LogP contribution in [0.5, 0.6) is 0 Å². The fraction of sp³-hybridized carbons (Fsp3) is 0.696. The highest BCUT2D eigenvalue weighted by Crippen LogP contribution is 2.32. The molecule has 4 rings (SSSR count). The van der Waals surface area contributed by atoms with E-state index in [-0.39, 0.29) is 6.10 Å². The SMILES string of the molecule is CN=C(NCCCOC1CCCc2ccccc21)N1CCC(N2CCOCC2)C1. The number of aliphatic imine (C=N–C) groups is 1. The van der Waals surface area contributed by atoms with E-state index in [4.69, 9.17) is 9.47 Å². The predicted molar refractivity (Wildman–Crippen MR) is 116 cm³/mol. The number of likely N-dealkylation sites (tertiary alicyclic amines) is 1. The Labute approximate surface area is 175 Å². The molecule has 1 aromatic rings. The number of hydrogen-bond acceptors (Lipinski definition) is 4. The zero-order chi connectivity index (χ0) is 19.9. The lowest BCUT2D eigenvalue weighted by Crippen LogP contribution is -2.46. The van der Waals surface area contributed by atoms with Crippen molar-refractivity contribution in [3.63, 3.8) is 0 Å². The van der Waals surface area contributed by atoms with Gasteiger partial charge in [-0.2, -0.15) is 0 Å². The lowest BCUT2D eigenvalue weighted by atomic mass is 9.89. The molecular formula is C23H36N4O2. The van der Waals surface area contributed by atoms with Gasteiger partial charge in [-0.3, -0.25) is 9.89 Å². The van der Waals surface area contributed by atoms with E-state index in [1.165, 1.54) is 30.4 Å². The van der Waals surface area contributed by atoms with Gasteiger partial charge in [0.25, 0.3) is 0 Å². The monoisotopic (exact) mass is 400 g/mol. The van der Waals surface area contributed by atoms with Crippen LogP contribution in [-0.2, 0) is 15.9 Å². The van der Waals surface area contributed by atoms with Crippen LogP contribution < -0.4 is 5.32 Å². The van der Waals surface area contributed by atoms with Gasteiger partial charge in [-0.05, 0) is 43.2 Å². The van der Waals surface area contributed by atoms with E-state index in [2.05, 4.69) is 44.4 Å². The molecular weight excluding hydrogens is 364 g/mol. The summed E-state index contributed by atoms with van der Waals surface area (Å²) in [7, 11) is 1.89. The number of hydrogen-bond donors (Lipinski definition) is 1. The number of fused-ring (bicyclic) bond motifs is 1. The molecule has 0 bridgehead atoms. The van der Waals surface area contributed by atoms with Gasteiger partial charge < -0.3 is 19.7 Å². The lowest BCUT2D eigenvalue weighted by molar-refractivity contribution is 0.0194. The van der Waals surface area contributed by atoms with Gasteiger partial charge >= 0.3 is 0 Å². The highest BCUT2D eigenvalue weighted by Gasteiger charge is 2.30. The molecule has 6 heteroatoms. The van der Waals surface area contributed by atoms with E-state index in [1.807, 2.05) is 7.05 Å². The van der Waals surface area contributed by atoms with Gasteiger partial charge in [-0.15, -0.1) is 0 Å². The summed E-state index contributed by atoms with van der Waals surface area (Å²) in [6.45, 7) is 7.70. The number of nitrogens with one attached hydrogen (secondary N) is 1. The van der Waals surface area contributed by atoms with E-state index in [0.717, 1.165) is 71.3 Å². The van der Waals surface area contributed by atoms with Crippen LogP contribution in [-0.4, -0.2) is 81.4 Å². The molecule has 2 atom stereocenters. The number of rotatable bonds is 6. The fourth-order valence-corrected chi connectivity index (χ4v) is 4.89. The topological polar surface area (TPSA) is 49.3 Å². The summed E-state index contributed by atoms with van der Waals surface area (Å²) in [4.78, 5) is 9.49. The van der Waals surface area contributed by atoms with Gasteiger partial charge in [-0.1, -0.05) is 24.3 Å². The van der Waals surface area contributed by atoms with Gasteiger partial charge in [0.05, 0.1) is 19.3 Å². The van der Waals surface area contributed by atoms with E-state index in [9.17, 15) is 0 Å². The molecule has 1 N–H and O–H groups in total. The Morgan fingerprint density at radius 1 is 1.21 bits per heavy atom. The van der Waals surface area contributed by atoms with Gasteiger partial charge in [0, 0.05) is 52.4 Å². The van der Waals surface area contributed by atoms with Gasteiger partial charge in [0.1, 0.15) is 0 Å². The van der Waals surface area contributed by atoms with Gasteiger partial charge in [0.2, 0.25) is 0 Å². The first-order valence-electron chi connectivity index (χ1n) is 11.3. The number of guanidine groups is 1. The third-order valence-corrected chi connectivity index (χ3v) is 6.47. The van der Waals surface area contributed by atoms with E-state index in [1.54, 1.807) is 0 Å². The average molecular weight is 401 g/mol. The van der Waals surface area contributed by atoms with Crippen molar-refractivity contribution in [3.8, 4) is 0 Å². The maximum Gasteiger partial charge on any atom is 0.193 e. The molecule has 3 aliphatic rings. The molecule has 2 fully saturated rings. The van der Waals surface area contributed by atoms with E-state index >= 15 is 0 Å². The molecule has 2 aliphatic heterocycles. The van der Waals surface area contributed by atoms with Crippen LogP contribution >= 0.6 is 0 Å². The zero-order valence-electron chi connectivity index (χ0n) is 17.8. The van der Waals surface area contributed by atoms with Gasteiger partial charge in [-0.25, -0.2) is 0 Å². The summed E-state index contributed by atoms with van der Waals surface area (Å²) in [6.07, 6.45) is 6.04. The number of ether oxygens (including phenoxy) is 2. The molecule has 2 unspecified atom stereocenters. The minimum atomic E-state index is 0.270. The number of benzene rings is 1. The third-order valence-electron chi connectivity index (χ3n) is 6.47. The summed E-state index contributed by atoms with van der Waals surface area (Å²) in [5.41, 5.74) is 2.86. The Morgan fingerprint density at radius 3 is 2.93 bits per heavy atom. The maximum absolute atomic E-state index is 6.23. The van der Waals surface area contributed by atoms with Crippen LogP contribution in [0, 0.1) is 0 Å². The Bertz CT molecular complexity index is 675. The van der Waals surface area contributed by atoms with Gasteiger partial charge in [0.15, 0.2) is 5.96 Å². The fourth-order valence-electron chi connectivity index (χ4n) is 4.89. The molecule has 160 valence electrons. The molecule has 6 nitrogen and oxygen atoms in total. The van der Waals surface area contributed by atoms with Crippen LogP contribution in [0.4, 0.5) is 0 Å². The Hall–Kier alpha value is -1.63. The minimum Gasteiger partial charge on any atom is -0.379 e. The number of morpholine rings is 1. The molecule has 1 aromatic carbocycles. The van der Waals surface area contributed by atoms with Crippen molar-refractivity contribution >= 4 is 5.96 Å². The van der Waals surface area contributed by atoms with Crippen LogP contribution in [0.25, 0.3) is 0 Å². The Morgan fingerprint density at radius 2 is 2.07 bits per heavy atom. The molecule has 2 heterocycles. The molecule has 0 saturated carbocycles. The van der Waals surface area contributed by atoms with Crippen LogP contribution in [0.2, 0.25) is 0 Å². The second-order valence-corrected chi connectivity index (χ2v) is 8.31. The van der Waals surface area contributed by atoms with Crippen molar-refractivity contribution in [1.29, 1.82) is 0 Å². The standard InChI is InChI=1S/C23H36N4O2/c1-24-23(27-12-10-20(18-27)26-13-16-28-17-14-26)25-11-5-15-29-22-9-4-7-19-6-2-3-8-21(19)22/h2-3,6,8,20,22H,4-5,7,9-18H2,1H3,(H,24,25). The summed E-state index contributed by atoms with van der Waals surface area (Å²) in [5.74, 6) is 1.03. The van der Waals surface area contributed by atoms with Crippen molar-refractivity contribution in [1.82, 2.24) is 15.1 Å². The van der Waals surface area contributed by atoms with Crippen molar-refractivity contribution in [2.24, 2.45) is 4.99 Å². The quantitative estimate of drug-likeness (QED) is 0.452. The highest BCUT2D eigenvalue weighted by molar-refractivity contribution is 5.80. The highest BCUT2D eigenvalue weighted by atomic mass is 16.5. The second kappa shape index (κ2) is 10.4. The molecule has 0 spiro atoms. The Kier molecular flexibility index (Phi) is 7.41. The molecule has 2 saturated heterocycles. The third kappa shape index (κ3) is 5.30. The van der Waals surface area contributed by atoms with Crippen LogP contribution in [0.3, 0.4) is 0 Å². The summed E-state index contributed by atoms with van der Waals surface area (Å²) in [5, 5.41) is 3.54. The largest absolute Gasteiger partial charge is 0.379 e. The van der Waals surface area contributed by atoms with Crippen molar-refractivity contribution in [3.05, 3.63) is 35.4 Å².